The average Bonchev–Trinajstić information content (AvgIpc) is 3.01. The Balaban J connectivity index is 2.05. The SMILES string of the molecule is C/C=C/CC1C(=O)C=C(OC(=O)C2C(/C=C(\C)C(=O)OC)C2(C)C)C1C. The van der Waals surface area contributed by atoms with E-state index in [-0.39, 0.29) is 40.8 Å². The van der Waals surface area contributed by atoms with E-state index in [9.17, 15) is 14.4 Å². The molecule has 2 rings (SSSR count). The van der Waals surface area contributed by atoms with Gasteiger partial charge in [-0.3, -0.25) is 9.59 Å². The first kappa shape index (κ1) is 20.1. The molecule has 0 aromatic heterocycles. The second-order valence-electron chi connectivity index (χ2n) is 7.74. The zero-order chi connectivity index (χ0) is 19.6. The number of rotatable bonds is 6. The largest absolute Gasteiger partial charge is 0.466 e. The van der Waals surface area contributed by atoms with Crippen LogP contribution in [0.15, 0.2) is 35.6 Å². The summed E-state index contributed by atoms with van der Waals surface area (Å²) in [6.45, 7) is 9.44. The maximum atomic E-state index is 12.6. The molecule has 5 nitrogen and oxygen atoms in total. The van der Waals surface area contributed by atoms with Gasteiger partial charge in [0.25, 0.3) is 0 Å². The van der Waals surface area contributed by atoms with Crippen molar-refractivity contribution >= 4 is 17.7 Å². The molecule has 2 aliphatic carbocycles. The fourth-order valence-electron chi connectivity index (χ4n) is 3.67. The van der Waals surface area contributed by atoms with Crippen molar-refractivity contribution in [1.29, 1.82) is 0 Å². The van der Waals surface area contributed by atoms with E-state index in [1.807, 2.05) is 39.8 Å². The molecular formula is C21H28O5. The maximum absolute atomic E-state index is 12.6. The van der Waals surface area contributed by atoms with Crippen molar-refractivity contribution in [2.45, 2.75) is 41.0 Å². The van der Waals surface area contributed by atoms with E-state index in [1.54, 1.807) is 13.0 Å². The molecule has 1 fully saturated rings. The monoisotopic (exact) mass is 360 g/mol. The number of esters is 2. The first-order valence-electron chi connectivity index (χ1n) is 9.00. The highest BCUT2D eigenvalue weighted by atomic mass is 16.5. The minimum absolute atomic E-state index is 0.00596. The number of allylic oxidation sites excluding steroid dienone is 5. The summed E-state index contributed by atoms with van der Waals surface area (Å²) in [5, 5.41) is 0. The molecule has 4 atom stereocenters. The van der Waals surface area contributed by atoms with Gasteiger partial charge in [-0.15, -0.1) is 0 Å². The Labute approximate surface area is 155 Å². The van der Waals surface area contributed by atoms with Gasteiger partial charge in [-0.1, -0.05) is 39.0 Å². The smallest absolute Gasteiger partial charge is 0.333 e. The minimum Gasteiger partial charge on any atom is -0.466 e. The number of hydrogen-bond acceptors (Lipinski definition) is 5. The topological polar surface area (TPSA) is 69.7 Å². The molecule has 0 spiro atoms. The van der Waals surface area contributed by atoms with E-state index in [2.05, 4.69) is 0 Å². The van der Waals surface area contributed by atoms with Gasteiger partial charge in [-0.05, 0) is 31.6 Å². The normalized spacial score (nSPS) is 30.3. The summed E-state index contributed by atoms with van der Waals surface area (Å²) in [4.78, 5) is 36.4. The molecule has 0 amide bonds. The Morgan fingerprint density at radius 1 is 1.31 bits per heavy atom. The summed E-state index contributed by atoms with van der Waals surface area (Å²) < 4.78 is 10.3. The summed E-state index contributed by atoms with van der Waals surface area (Å²) in [5.41, 5.74) is 0.194. The second-order valence-corrected chi connectivity index (χ2v) is 7.74. The Morgan fingerprint density at radius 2 is 1.96 bits per heavy atom. The number of ketones is 1. The van der Waals surface area contributed by atoms with Gasteiger partial charge < -0.3 is 9.47 Å². The lowest BCUT2D eigenvalue weighted by atomic mass is 9.92. The van der Waals surface area contributed by atoms with Gasteiger partial charge in [0, 0.05) is 23.5 Å². The minimum atomic E-state index is -0.399. The van der Waals surface area contributed by atoms with Gasteiger partial charge in [-0.25, -0.2) is 4.79 Å². The van der Waals surface area contributed by atoms with Gasteiger partial charge in [0.1, 0.15) is 5.76 Å². The third-order valence-electron chi connectivity index (χ3n) is 5.65. The first-order valence-corrected chi connectivity index (χ1v) is 9.00. The fourth-order valence-corrected chi connectivity index (χ4v) is 3.67. The van der Waals surface area contributed by atoms with Crippen LogP contribution in [0.2, 0.25) is 0 Å². The number of carbonyl (C=O) groups is 3. The van der Waals surface area contributed by atoms with Gasteiger partial charge in [0.15, 0.2) is 5.78 Å². The zero-order valence-corrected chi connectivity index (χ0v) is 16.4. The van der Waals surface area contributed by atoms with Crippen LogP contribution >= 0.6 is 0 Å². The van der Waals surface area contributed by atoms with Crippen molar-refractivity contribution < 1.29 is 23.9 Å². The van der Waals surface area contributed by atoms with Crippen molar-refractivity contribution in [3.63, 3.8) is 0 Å². The molecule has 1 saturated carbocycles. The third kappa shape index (κ3) is 3.81. The Kier molecular flexibility index (Phi) is 5.89. The molecule has 0 aliphatic heterocycles. The standard InChI is InChI=1S/C21H28O5/c1-7-8-9-14-13(3)17(11-16(14)22)26-20(24)18-15(21(18,4)5)10-12(2)19(23)25-6/h7-8,10-11,13-15,18H,9H2,1-6H3/b8-7+,12-10+. The van der Waals surface area contributed by atoms with Crippen molar-refractivity contribution in [3.05, 3.63) is 35.6 Å². The summed E-state index contributed by atoms with van der Waals surface area (Å²) in [5.74, 6) is -0.985. The average molecular weight is 360 g/mol. The van der Waals surface area contributed by atoms with Crippen LogP contribution in [0.4, 0.5) is 0 Å². The van der Waals surface area contributed by atoms with E-state index in [0.717, 1.165) is 0 Å². The molecule has 142 valence electrons. The van der Waals surface area contributed by atoms with Crippen molar-refractivity contribution in [2.75, 3.05) is 7.11 Å². The van der Waals surface area contributed by atoms with E-state index in [1.165, 1.54) is 13.2 Å². The van der Waals surface area contributed by atoms with Crippen LogP contribution in [-0.4, -0.2) is 24.8 Å². The molecular weight excluding hydrogens is 332 g/mol. The molecule has 0 aromatic rings. The lowest BCUT2D eigenvalue weighted by Crippen LogP contribution is -2.17. The quantitative estimate of drug-likeness (QED) is 0.411. The van der Waals surface area contributed by atoms with Gasteiger partial charge in [-0.2, -0.15) is 0 Å². The molecule has 0 aromatic carbocycles. The first-order chi connectivity index (χ1) is 12.1. The lowest BCUT2D eigenvalue weighted by molar-refractivity contribution is -0.143. The predicted molar refractivity (Wildman–Crippen MR) is 97.8 cm³/mol. The van der Waals surface area contributed by atoms with Gasteiger partial charge >= 0.3 is 11.9 Å². The predicted octanol–water partition coefficient (Wildman–Crippen LogP) is 3.61. The number of hydrogen-bond donors (Lipinski definition) is 0. The molecule has 4 unspecified atom stereocenters. The van der Waals surface area contributed by atoms with Crippen LogP contribution in [0.5, 0.6) is 0 Å². The highest BCUT2D eigenvalue weighted by molar-refractivity contribution is 5.96. The lowest BCUT2D eigenvalue weighted by Gasteiger charge is -2.16. The van der Waals surface area contributed by atoms with Gasteiger partial charge in [0.2, 0.25) is 0 Å². The highest BCUT2D eigenvalue weighted by Crippen LogP contribution is 2.60. The molecule has 2 aliphatic rings. The number of methoxy groups -OCH3 is 1. The van der Waals surface area contributed by atoms with Crippen LogP contribution in [0, 0.1) is 29.1 Å². The van der Waals surface area contributed by atoms with Crippen LogP contribution in [0.1, 0.15) is 41.0 Å². The van der Waals surface area contributed by atoms with E-state index in [0.29, 0.717) is 17.8 Å². The van der Waals surface area contributed by atoms with Crippen molar-refractivity contribution in [1.82, 2.24) is 0 Å². The van der Waals surface area contributed by atoms with E-state index < -0.39 is 5.97 Å². The Bertz CT molecular complexity index is 695. The maximum Gasteiger partial charge on any atom is 0.333 e. The molecule has 5 heteroatoms. The molecule has 0 radical (unpaired) electrons. The molecule has 0 N–H and O–H groups in total. The molecule has 0 saturated heterocycles. The van der Waals surface area contributed by atoms with Gasteiger partial charge in [0.05, 0.1) is 13.0 Å². The Hall–Kier alpha value is -2.17. The van der Waals surface area contributed by atoms with Crippen molar-refractivity contribution in [2.24, 2.45) is 29.1 Å². The van der Waals surface area contributed by atoms with Crippen LogP contribution in [-0.2, 0) is 23.9 Å². The summed E-state index contributed by atoms with van der Waals surface area (Å²) >= 11 is 0. The van der Waals surface area contributed by atoms with Crippen LogP contribution in [0.25, 0.3) is 0 Å². The van der Waals surface area contributed by atoms with E-state index >= 15 is 0 Å². The third-order valence-corrected chi connectivity index (χ3v) is 5.65. The number of ether oxygens (including phenoxy) is 2. The summed E-state index contributed by atoms with van der Waals surface area (Å²) in [6, 6.07) is 0. The summed E-state index contributed by atoms with van der Waals surface area (Å²) in [6.07, 6.45) is 7.75. The molecule has 0 bridgehead atoms. The van der Waals surface area contributed by atoms with Crippen molar-refractivity contribution in [3.8, 4) is 0 Å². The van der Waals surface area contributed by atoms with E-state index in [4.69, 9.17) is 9.47 Å². The zero-order valence-electron chi connectivity index (χ0n) is 16.4. The Morgan fingerprint density at radius 3 is 2.54 bits per heavy atom. The fraction of sp³-hybridized carbons (Fsp3) is 0.571. The second kappa shape index (κ2) is 7.60. The molecule has 0 heterocycles. The summed E-state index contributed by atoms with van der Waals surface area (Å²) in [7, 11) is 1.33. The highest BCUT2D eigenvalue weighted by Gasteiger charge is 2.62. The molecule has 26 heavy (non-hydrogen) atoms. The van der Waals surface area contributed by atoms with Crippen LogP contribution in [0.3, 0.4) is 0 Å². The number of carbonyl (C=O) groups excluding carboxylic acids is 3. The van der Waals surface area contributed by atoms with Crippen LogP contribution < -0.4 is 0 Å².